The maximum atomic E-state index is 13.1. The first-order valence-corrected chi connectivity index (χ1v) is 9.82. The van der Waals surface area contributed by atoms with Crippen LogP contribution in [0.1, 0.15) is 6.92 Å². The van der Waals surface area contributed by atoms with Crippen molar-refractivity contribution in [1.82, 2.24) is 4.98 Å². The summed E-state index contributed by atoms with van der Waals surface area (Å²) in [6.45, 7) is 1.56. The van der Waals surface area contributed by atoms with E-state index in [1.165, 1.54) is 24.3 Å². The zero-order valence-electron chi connectivity index (χ0n) is 17.7. The molecule has 0 N–H and O–H groups in total. The van der Waals surface area contributed by atoms with Gasteiger partial charge in [0, 0.05) is 30.1 Å². The van der Waals surface area contributed by atoms with Crippen LogP contribution in [0.25, 0.3) is 11.1 Å². The van der Waals surface area contributed by atoms with E-state index >= 15 is 0 Å². The molecule has 1 unspecified atom stereocenters. The first kappa shape index (κ1) is 21.6. The molecular weight excluding hydrogens is 428 g/mol. The number of pyridine rings is 1. The highest BCUT2D eigenvalue weighted by atomic mass is 16.6. The van der Waals surface area contributed by atoms with Gasteiger partial charge in [0.2, 0.25) is 0 Å². The second kappa shape index (κ2) is 8.87. The van der Waals surface area contributed by atoms with Crippen molar-refractivity contribution in [3.63, 3.8) is 0 Å². The minimum Gasteiger partial charge on any atom is -0.496 e. The number of methoxy groups -OCH3 is 1. The number of hydrogen-bond donors (Lipinski definition) is 0. The molecule has 0 bridgehead atoms. The van der Waals surface area contributed by atoms with E-state index in [4.69, 9.17) is 9.47 Å². The number of amides is 1. The van der Waals surface area contributed by atoms with Gasteiger partial charge in [-0.15, -0.1) is 0 Å². The number of benzene rings is 2. The molecule has 1 aliphatic rings. The Morgan fingerprint density at radius 1 is 1.09 bits per heavy atom. The molecule has 0 saturated carbocycles. The van der Waals surface area contributed by atoms with Crippen molar-refractivity contribution in [3.8, 4) is 22.6 Å². The Morgan fingerprint density at radius 3 is 2.42 bits per heavy atom. The van der Waals surface area contributed by atoms with E-state index in [-0.39, 0.29) is 17.1 Å². The molecule has 1 aliphatic heterocycles. The van der Waals surface area contributed by atoms with Gasteiger partial charge in [0.1, 0.15) is 11.5 Å². The Balaban J connectivity index is 1.57. The zero-order valence-corrected chi connectivity index (χ0v) is 17.7. The lowest BCUT2D eigenvalue weighted by Crippen LogP contribution is -2.35. The van der Waals surface area contributed by atoms with E-state index < -0.39 is 22.7 Å². The summed E-state index contributed by atoms with van der Waals surface area (Å²) in [4.78, 5) is 40.0. The predicted octanol–water partition coefficient (Wildman–Crippen LogP) is 3.61. The van der Waals surface area contributed by atoms with Crippen molar-refractivity contribution < 1.29 is 24.0 Å². The summed E-state index contributed by atoms with van der Waals surface area (Å²) in [5.74, 6) is -1.92. The minimum atomic E-state index is -1.23. The molecule has 0 radical (unpaired) electrons. The summed E-state index contributed by atoms with van der Waals surface area (Å²) in [6, 6.07) is 13.8. The summed E-state index contributed by atoms with van der Waals surface area (Å²) >= 11 is 0. The number of ether oxygens (including phenoxy) is 2. The third kappa shape index (κ3) is 4.26. The highest BCUT2D eigenvalue weighted by Crippen LogP contribution is 2.35. The molecule has 10 nitrogen and oxygen atoms in total. The maximum Gasteiger partial charge on any atom is 0.329 e. The molecule has 166 valence electrons. The Labute approximate surface area is 188 Å². The summed E-state index contributed by atoms with van der Waals surface area (Å²) in [7, 11) is 1.55. The van der Waals surface area contributed by atoms with Gasteiger partial charge in [0.05, 0.1) is 23.4 Å². The number of carbonyl (C=O) groups excluding carboxylic acids is 2. The Morgan fingerprint density at radius 2 is 1.79 bits per heavy atom. The summed E-state index contributed by atoms with van der Waals surface area (Å²) in [5.41, 5.74) is 2.16. The summed E-state index contributed by atoms with van der Waals surface area (Å²) in [5, 5.41) is 16.2. The van der Waals surface area contributed by atoms with Gasteiger partial charge in [-0.1, -0.05) is 0 Å². The second-order valence-electron chi connectivity index (χ2n) is 7.12. The lowest BCUT2D eigenvalue weighted by atomic mass is 10.0. The van der Waals surface area contributed by atoms with E-state index in [0.717, 1.165) is 16.1 Å². The normalized spacial score (nSPS) is 15.2. The largest absolute Gasteiger partial charge is 0.496 e. The van der Waals surface area contributed by atoms with Crippen LogP contribution in [0.4, 0.5) is 11.4 Å². The molecule has 1 aromatic heterocycles. The molecule has 2 aromatic carbocycles. The number of aromatic nitrogens is 1. The van der Waals surface area contributed by atoms with E-state index in [1.807, 2.05) is 12.1 Å². The van der Waals surface area contributed by atoms with Crippen molar-refractivity contribution in [2.24, 2.45) is 11.0 Å². The van der Waals surface area contributed by atoms with E-state index in [9.17, 15) is 19.7 Å². The van der Waals surface area contributed by atoms with Crippen LogP contribution in [0.15, 0.2) is 72.1 Å². The van der Waals surface area contributed by atoms with Gasteiger partial charge in [0.15, 0.2) is 5.92 Å². The van der Waals surface area contributed by atoms with Gasteiger partial charge >= 0.3 is 5.97 Å². The van der Waals surface area contributed by atoms with E-state index in [0.29, 0.717) is 11.4 Å². The number of non-ortho nitro benzene ring substituents is 1. The number of hydrogen-bond acceptors (Lipinski definition) is 8. The molecule has 4 rings (SSSR count). The maximum absolute atomic E-state index is 13.1. The zero-order chi connectivity index (χ0) is 23.5. The molecule has 0 aliphatic carbocycles. The monoisotopic (exact) mass is 446 g/mol. The fourth-order valence-electron chi connectivity index (χ4n) is 3.42. The number of nitrogens with zero attached hydrogens (tertiary/aromatic N) is 4. The number of nitro benzene ring substituents is 1. The molecular formula is C23H18N4O6. The van der Waals surface area contributed by atoms with Crippen LogP contribution in [-0.4, -0.2) is 34.6 Å². The highest BCUT2D eigenvalue weighted by Gasteiger charge is 2.41. The van der Waals surface area contributed by atoms with E-state index in [1.54, 1.807) is 44.6 Å². The van der Waals surface area contributed by atoms with Gasteiger partial charge in [-0.3, -0.25) is 24.7 Å². The Hall–Kier alpha value is -4.60. The lowest BCUT2D eigenvalue weighted by Gasteiger charge is -2.17. The molecule has 2 heterocycles. The van der Waals surface area contributed by atoms with Gasteiger partial charge in [-0.05, 0) is 55.0 Å². The van der Waals surface area contributed by atoms with Crippen molar-refractivity contribution >= 4 is 29.0 Å². The van der Waals surface area contributed by atoms with Crippen LogP contribution in [0, 0.1) is 16.0 Å². The molecule has 3 aromatic rings. The van der Waals surface area contributed by atoms with Crippen molar-refractivity contribution in [2.75, 3.05) is 12.1 Å². The fourth-order valence-corrected chi connectivity index (χ4v) is 3.42. The standard InChI is InChI=1S/C23H18N4O6/c1-14-21(23(29)33-18-6-3-16(4-7-18)27(30)31)22(28)26(25-14)17-5-8-20(32-2)19(13-17)15-9-11-24-12-10-15/h3-13,21H,1-2H3. The average Bonchev–Trinajstić information content (AvgIpc) is 3.13. The second-order valence-corrected chi connectivity index (χ2v) is 7.12. The predicted molar refractivity (Wildman–Crippen MR) is 119 cm³/mol. The molecule has 1 atom stereocenters. The van der Waals surface area contributed by atoms with Gasteiger partial charge in [-0.25, -0.2) is 0 Å². The number of esters is 1. The first-order valence-electron chi connectivity index (χ1n) is 9.82. The number of carbonyl (C=O) groups is 2. The summed E-state index contributed by atoms with van der Waals surface area (Å²) < 4.78 is 10.7. The van der Waals surface area contributed by atoms with Crippen LogP contribution in [-0.2, 0) is 9.59 Å². The van der Waals surface area contributed by atoms with Crippen molar-refractivity contribution in [3.05, 3.63) is 77.1 Å². The number of nitro groups is 1. The third-order valence-electron chi connectivity index (χ3n) is 5.05. The van der Waals surface area contributed by atoms with Crippen molar-refractivity contribution in [2.45, 2.75) is 6.92 Å². The Kier molecular flexibility index (Phi) is 5.81. The van der Waals surface area contributed by atoms with Crippen LogP contribution in [0.5, 0.6) is 11.5 Å². The van der Waals surface area contributed by atoms with Gasteiger partial charge < -0.3 is 9.47 Å². The molecule has 1 amide bonds. The SMILES string of the molecule is COc1ccc(N2N=C(C)C(C(=O)Oc3ccc([N+](=O)[O-])cc3)C2=O)cc1-c1ccncc1. The smallest absolute Gasteiger partial charge is 0.329 e. The van der Waals surface area contributed by atoms with Crippen LogP contribution in [0.3, 0.4) is 0 Å². The third-order valence-corrected chi connectivity index (χ3v) is 5.05. The molecule has 10 heteroatoms. The topological polar surface area (TPSA) is 124 Å². The number of rotatable bonds is 6. The van der Waals surface area contributed by atoms with Gasteiger partial charge in [-0.2, -0.15) is 10.1 Å². The minimum absolute atomic E-state index is 0.0917. The van der Waals surface area contributed by atoms with Gasteiger partial charge in [0.25, 0.3) is 11.6 Å². The average molecular weight is 446 g/mol. The fraction of sp³-hybridized carbons (Fsp3) is 0.130. The molecule has 0 saturated heterocycles. The first-order chi connectivity index (χ1) is 15.9. The molecule has 0 fully saturated rings. The lowest BCUT2D eigenvalue weighted by molar-refractivity contribution is -0.384. The number of anilines is 1. The molecule has 33 heavy (non-hydrogen) atoms. The summed E-state index contributed by atoms with van der Waals surface area (Å²) in [6.07, 6.45) is 3.30. The van der Waals surface area contributed by atoms with Crippen LogP contribution < -0.4 is 14.5 Å². The highest BCUT2D eigenvalue weighted by molar-refractivity contribution is 6.25. The van der Waals surface area contributed by atoms with Crippen molar-refractivity contribution in [1.29, 1.82) is 0 Å². The van der Waals surface area contributed by atoms with E-state index in [2.05, 4.69) is 10.1 Å². The van der Waals surface area contributed by atoms with Crippen LogP contribution in [0.2, 0.25) is 0 Å². The number of hydrazone groups is 1. The van der Waals surface area contributed by atoms with Crippen LogP contribution >= 0.6 is 0 Å². The quantitative estimate of drug-likeness (QED) is 0.186. The Bertz CT molecular complexity index is 1260. The molecule has 0 spiro atoms.